The summed E-state index contributed by atoms with van der Waals surface area (Å²) < 4.78 is 43.3. The number of alkyl halides is 3. The molecule has 1 amide bonds. The van der Waals surface area contributed by atoms with Gasteiger partial charge in [0.05, 0.1) is 24.6 Å². The highest BCUT2D eigenvalue weighted by Gasteiger charge is 2.43. The number of nitrogens with zero attached hydrogens (tertiary/aromatic N) is 4. The Balaban J connectivity index is 1.53. The predicted octanol–water partition coefficient (Wildman–Crippen LogP) is 3.22. The number of benzene rings is 1. The Morgan fingerprint density at radius 2 is 1.86 bits per heavy atom. The highest BCUT2D eigenvalue weighted by molar-refractivity contribution is 5.85. The first-order valence-electron chi connectivity index (χ1n) is 10.3. The molecule has 35 heavy (non-hydrogen) atoms. The number of hydrogen-bond acceptors (Lipinski definition) is 6. The molecule has 0 fully saturated rings. The van der Waals surface area contributed by atoms with Crippen LogP contribution < -0.4 is 5.32 Å². The van der Waals surface area contributed by atoms with E-state index in [1.54, 1.807) is 24.5 Å². The molecule has 0 aliphatic heterocycles. The fraction of sp³-hybridized carbons (Fsp3) is 0.174. The van der Waals surface area contributed by atoms with Gasteiger partial charge in [0.1, 0.15) is 5.69 Å². The molecule has 4 rings (SSSR count). The minimum Gasteiger partial charge on any atom is -0.444 e. The number of amides is 1. The number of H-pyrrole nitrogens is 1. The molecule has 1 unspecified atom stereocenters. The first-order valence-corrected chi connectivity index (χ1v) is 10.3. The molecule has 0 saturated heterocycles. The molecule has 2 N–H and O–H groups in total. The van der Waals surface area contributed by atoms with Crippen molar-refractivity contribution in [2.75, 3.05) is 7.05 Å². The van der Waals surface area contributed by atoms with Crippen molar-refractivity contribution < 1.29 is 27.5 Å². The van der Waals surface area contributed by atoms with Crippen LogP contribution in [0.15, 0.2) is 67.3 Å². The normalized spacial score (nSPS) is 12.2. The molecule has 1 aromatic carbocycles. The highest BCUT2D eigenvalue weighted by Crippen LogP contribution is 2.25. The van der Waals surface area contributed by atoms with Crippen molar-refractivity contribution in [3.63, 3.8) is 0 Å². The van der Waals surface area contributed by atoms with E-state index in [0.717, 1.165) is 11.3 Å². The molecule has 0 aliphatic rings. The van der Waals surface area contributed by atoms with Gasteiger partial charge in [-0.15, -0.1) is 0 Å². The Morgan fingerprint density at radius 1 is 1.09 bits per heavy atom. The summed E-state index contributed by atoms with van der Waals surface area (Å²) in [5.41, 5.74) is 3.69. The molecule has 0 saturated carbocycles. The van der Waals surface area contributed by atoms with E-state index < -0.39 is 30.7 Å². The minimum atomic E-state index is -5.22. The average Bonchev–Trinajstić information content (AvgIpc) is 3.53. The Labute approximate surface area is 197 Å². The lowest BCUT2D eigenvalue weighted by Gasteiger charge is -2.17. The zero-order chi connectivity index (χ0) is 25.0. The van der Waals surface area contributed by atoms with Crippen LogP contribution in [0.1, 0.15) is 0 Å². The number of carbonyl (C=O) groups excluding carboxylic acids is 2. The molecule has 4 aromatic rings. The first kappa shape index (κ1) is 23.7. The third-order valence-electron chi connectivity index (χ3n) is 5.00. The van der Waals surface area contributed by atoms with Gasteiger partial charge in [-0.2, -0.15) is 18.3 Å². The van der Waals surface area contributed by atoms with Gasteiger partial charge in [0.2, 0.25) is 0 Å². The summed E-state index contributed by atoms with van der Waals surface area (Å²) in [6.07, 6.45) is -0.642. The fourth-order valence-electron chi connectivity index (χ4n) is 3.27. The number of aromatic nitrogens is 5. The Bertz CT molecular complexity index is 1330. The average molecular weight is 484 g/mol. The summed E-state index contributed by atoms with van der Waals surface area (Å²) in [5, 5.41) is 6.26. The van der Waals surface area contributed by atoms with Crippen LogP contribution in [0.5, 0.6) is 0 Å². The second-order valence-electron chi connectivity index (χ2n) is 7.40. The maximum absolute atomic E-state index is 12.6. The summed E-state index contributed by atoms with van der Waals surface area (Å²) in [4.78, 5) is 35.1. The lowest BCUT2D eigenvalue weighted by molar-refractivity contribution is -0.205. The van der Waals surface area contributed by atoms with Crippen LogP contribution in [0, 0.1) is 0 Å². The van der Waals surface area contributed by atoms with E-state index in [1.807, 2.05) is 30.3 Å². The number of hydrogen-bond donors (Lipinski definition) is 2. The van der Waals surface area contributed by atoms with E-state index in [1.165, 1.54) is 24.1 Å². The van der Waals surface area contributed by atoms with Gasteiger partial charge in [0, 0.05) is 25.0 Å². The van der Waals surface area contributed by atoms with Crippen LogP contribution in [0.2, 0.25) is 0 Å². The summed E-state index contributed by atoms with van der Waals surface area (Å²) in [5.74, 6) is -2.79. The summed E-state index contributed by atoms with van der Waals surface area (Å²) >= 11 is 0. The van der Waals surface area contributed by atoms with Crippen molar-refractivity contribution in [1.29, 1.82) is 0 Å². The molecule has 0 aliphatic carbocycles. The topological polar surface area (TPSA) is 115 Å². The van der Waals surface area contributed by atoms with E-state index in [9.17, 15) is 22.8 Å². The smallest absolute Gasteiger partial charge is 0.444 e. The largest absolute Gasteiger partial charge is 0.490 e. The van der Waals surface area contributed by atoms with Crippen molar-refractivity contribution in [2.45, 2.75) is 18.8 Å². The zero-order valence-corrected chi connectivity index (χ0v) is 18.3. The molecule has 3 aromatic heterocycles. The van der Waals surface area contributed by atoms with Gasteiger partial charge in [0.25, 0.3) is 5.91 Å². The Hall–Kier alpha value is -4.48. The van der Waals surface area contributed by atoms with Gasteiger partial charge in [-0.25, -0.2) is 9.78 Å². The molecular weight excluding hydrogens is 465 g/mol. The highest BCUT2D eigenvalue weighted by atomic mass is 19.4. The van der Waals surface area contributed by atoms with Crippen LogP contribution in [-0.4, -0.2) is 55.9 Å². The third kappa shape index (κ3) is 5.54. The van der Waals surface area contributed by atoms with E-state index in [0.29, 0.717) is 22.6 Å². The first-order chi connectivity index (χ1) is 16.7. The number of ether oxygens (including phenoxy) is 1. The molecule has 9 nitrogen and oxygen atoms in total. The molecule has 12 heteroatoms. The number of imidazole rings is 1. The van der Waals surface area contributed by atoms with Gasteiger partial charge >= 0.3 is 12.1 Å². The maximum atomic E-state index is 12.6. The molecule has 0 spiro atoms. The summed E-state index contributed by atoms with van der Waals surface area (Å²) in [6, 6.07) is 13.2. The van der Waals surface area contributed by atoms with Crippen LogP contribution in [-0.2, 0) is 20.9 Å². The second-order valence-corrected chi connectivity index (χ2v) is 7.40. The number of esters is 1. The monoisotopic (exact) mass is 484 g/mol. The van der Waals surface area contributed by atoms with E-state index in [4.69, 9.17) is 0 Å². The van der Waals surface area contributed by atoms with Crippen LogP contribution >= 0.6 is 0 Å². The maximum Gasteiger partial charge on any atom is 0.490 e. The number of pyridine rings is 1. The molecule has 3 heterocycles. The lowest BCUT2D eigenvalue weighted by atomic mass is 10.1. The number of rotatable bonds is 7. The SMILES string of the molecule is CNC(=O)C(Cn1cc(-c2ccnc(-c3ncc(-c4ccccc4)[nH]3)c2)cn1)OC(=O)C(F)(F)F. The zero-order valence-electron chi connectivity index (χ0n) is 18.3. The van der Waals surface area contributed by atoms with Gasteiger partial charge in [-0.1, -0.05) is 30.3 Å². The van der Waals surface area contributed by atoms with Crippen LogP contribution in [0.4, 0.5) is 13.2 Å². The van der Waals surface area contributed by atoms with Gasteiger partial charge in [-0.05, 0) is 23.3 Å². The number of carbonyl (C=O) groups is 2. The molecular formula is C23H19F3N6O3. The predicted molar refractivity (Wildman–Crippen MR) is 118 cm³/mol. The van der Waals surface area contributed by atoms with Gasteiger partial charge < -0.3 is 15.0 Å². The Morgan fingerprint density at radius 3 is 2.57 bits per heavy atom. The third-order valence-corrected chi connectivity index (χ3v) is 5.00. The number of aromatic amines is 1. The standard InChI is InChI=1S/C23H19F3N6O3/c1-27-21(33)19(35-22(34)23(24,25)26)13-32-12-16(10-30-32)15-7-8-28-17(9-15)20-29-11-18(31-20)14-5-3-2-4-6-14/h2-12,19H,13H2,1H3,(H,27,33)(H,29,31). The lowest BCUT2D eigenvalue weighted by Crippen LogP contribution is -2.41. The summed E-state index contributed by atoms with van der Waals surface area (Å²) in [7, 11) is 1.22. The van der Waals surface area contributed by atoms with E-state index in [2.05, 4.69) is 30.1 Å². The molecule has 1 atom stereocenters. The fourth-order valence-corrected chi connectivity index (χ4v) is 3.27. The van der Waals surface area contributed by atoms with Crippen molar-refractivity contribution in [2.24, 2.45) is 0 Å². The van der Waals surface area contributed by atoms with Gasteiger partial charge in [0.15, 0.2) is 11.9 Å². The molecule has 180 valence electrons. The van der Waals surface area contributed by atoms with Crippen LogP contribution in [0.25, 0.3) is 33.9 Å². The van der Waals surface area contributed by atoms with E-state index >= 15 is 0 Å². The van der Waals surface area contributed by atoms with Gasteiger partial charge in [-0.3, -0.25) is 14.5 Å². The minimum absolute atomic E-state index is 0.405. The Kier molecular flexibility index (Phi) is 6.62. The van der Waals surface area contributed by atoms with Crippen molar-refractivity contribution >= 4 is 11.9 Å². The number of halogens is 3. The van der Waals surface area contributed by atoms with Crippen molar-refractivity contribution in [3.8, 4) is 33.9 Å². The van der Waals surface area contributed by atoms with Crippen molar-refractivity contribution in [1.82, 2.24) is 30.0 Å². The summed E-state index contributed by atoms with van der Waals surface area (Å²) in [6.45, 7) is -0.405. The molecule has 0 radical (unpaired) electrons. The second kappa shape index (κ2) is 9.79. The quantitative estimate of drug-likeness (QED) is 0.390. The van der Waals surface area contributed by atoms with E-state index in [-0.39, 0.29) is 0 Å². The molecule has 0 bridgehead atoms. The van der Waals surface area contributed by atoms with Crippen LogP contribution in [0.3, 0.4) is 0 Å². The number of nitrogens with one attached hydrogen (secondary N) is 2. The number of likely N-dealkylation sites (N-methyl/N-ethyl adjacent to an activating group) is 1. The van der Waals surface area contributed by atoms with Crippen molar-refractivity contribution in [3.05, 3.63) is 67.3 Å².